The first-order valence-corrected chi connectivity index (χ1v) is 5.76. The number of nitrogens with zero attached hydrogens (tertiary/aromatic N) is 2. The molecule has 0 aliphatic rings. The number of nitrogens with one attached hydrogen (secondary N) is 1. The Kier molecular flexibility index (Phi) is 3.82. The summed E-state index contributed by atoms with van der Waals surface area (Å²) in [4.78, 5) is 19.4. The maximum Gasteiger partial charge on any atom is 0.275 e. The summed E-state index contributed by atoms with van der Waals surface area (Å²) in [5, 5.41) is 2.08. The van der Waals surface area contributed by atoms with Crippen LogP contribution in [-0.2, 0) is 0 Å². The molecular weight excluding hydrogens is 294 g/mol. The zero-order chi connectivity index (χ0) is 14.0. The fourth-order valence-electron chi connectivity index (χ4n) is 1.31. The Morgan fingerprint density at radius 3 is 2.47 bits per heavy atom. The maximum atomic E-state index is 13.2. The number of halogens is 3. The molecule has 0 fully saturated rings. The fraction of sp³-hybridized carbons (Fsp3) is 0. The molecule has 1 amide bonds. The smallest absolute Gasteiger partial charge is 0.275 e. The number of anilines is 2. The molecule has 1 aromatic heterocycles. The van der Waals surface area contributed by atoms with Crippen molar-refractivity contribution in [1.29, 1.82) is 0 Å². The number of benzene rings is 1. The van der Waals surface area contributed by atoms with Crippen molar-refractivity contribution in [1.82, 2.24) is 9.97 Å². The topological polar surface area (TPSA) is 80.9 Å². The third-order valence-electron chi connectivity index (χ3n) is 2.13. The van der Waals surface area contributed by atoms with E-state index in [1.165, 1.54) is 24.5 Å². The van der Waals surface area contributed by atoms with Crippen molar-refractivity contribution >= 4 is 40.6 Å². The minimum atomic E-state index is -0.745. The van der Waals surface area contributed by atoms with E-state index in [2.05, 4.69) is 15.3 Å². The van der Waals surface area contributed by atoms with E-state index in [9.17, 15) is 9.18 Å². The van der Waals surface area contributed by atoms with Crippen molar-refractivity contribution in [2.24, 2.45) is 0 Å². The standard InChI is InChI=1S/C11H7Cl2FN4O/c12-6-1-5(2-7(13)10(6)14)17-11(19)8-3-16-4-9(15)18-8/h1-4H,(H2,15,18)(H,17,19). The number of nitrogen functional groups attached to an aromatic ring is 1. The fourth-order valence-corrected chi connectivity index (χ4v) is 1.80. The largest absolute Gasteiger partial charge is 0.382 e. The van der Waals surface area contributed by atoms with E-state index in [1.54, 1.807) is 0 Å². The monoisotopic (exact) mass is 300 g/mol. The lowest BCUT2D eigenvalue weighted by Crippen LogP contribution is -2.15. The molecule has 0 aliphatic heterocycles. The first-order valence-electron chi connectivity index (χ1n) is 5.01. The predicted molar refractivity (Wildman–Crippen MR) is 70.8 cm³/mol. The Labute approximate surface area is 117 Å². The van der Waals surface area contributed by atoms with Crippen LogP contribution >= 0.6 is 23.2 Å². The molecule has 0 unspecified atom stereocenters. The molecule has 2 rings (SSSR count). The van der Waals surface area contributed by atoms with Gasteiger partial charge in [-0.05, 0) is 12.1 Å². The lowest BCUT2D eigenvalue weighted by molar-refractivity contribution is 0.102. The highest BCUT2D eigenvalue weighted by Crippen LogP contribution is 2.27. The maximum absolute atomic E-state index is 13.2. The van der Waals surface area contributed by atoms with E-state index in [-0.39, 0.29) is 27.2 Å². The van der Waals surface area contributed by atoms with E-state index < -0.39 is 11.7 Å². The second-order valence-electron chi connectivity index (χ2n) is 3.54. The lowest BCUT2D eigenvalue weighted by Gasteiger charge is -2.06. The summed E-state index contributed by atoms with van der Waals surface area (Å²) in [5.74, 6) is -1.19. The number of carbonyl (C=O) groups is 1. The molecule has 0 bridgehead atoms. The molecule has 1 aromatic carbocycles. The number of aromatic nitrogens is 2. The van der Waals surface area contributed by atoms with Gasteiger partial charge in [-0.15, -0.1) is 0 Å². The summed E-state index contributed by atoms with van der Waals surface area (Å²) in [7, 11) is 0. The molecule has 0 atom stereocenters. The van der Waals surface area contributed by atoms with Crippen LogP contribution in [0.25, 0.3) is 0 Å². The van der Waals surface area contributed by atoms with Gasteiger partial charge in [0.15, 0.2) is 5.82 Å². The summed E-state index contributed by atoms with van der Waals surface area (Å²) < 4.78 is 13.2. The summed E-state index contributed by atoms with van der Waals surface area (Å²) in [5.41, 5.74) is 5.68. The molecular formula is C11H7Cl2FN4O. The van der Waals surface area contributed by atoms with Gasteiger partial charge in [-0.3, -0.25) is 9.78 Å². The molecule has 8 heteroatoms. The SMILES string of the molecule is Nc1cncc(C(=O)Nc2cc(Cl)c(F)c(Cl)c2)n1. The number of nitrogens with two attached hydrogens (primary N) is 1. The molecule has 0 radical (unpaired) electrons. The molecule has 0 saturated heterocycles. The molecule has 0 aliphatic carbocycles. The second-order valence-corrected chi connectivity index (χ2v) is 4.35. The third-order valence-corrected chi connectivity index (χ3v) is 2.68. The Morgan fingerprint density at radius 2 is 1.89 bits per heavy atom. The van der Waals surface area contributed by atoms with Crippen LogP contribution < -0.4 is 11.1 Å². The number of hydrogen-bond donors (Lipinski definition) is 2. The number of amides is 1. The van der Waals surface area contributed by atoms with E-state index >= 15 is 0 Å². The van der Waals surface area contributed by atoms with Crippen molar-refractivity contribution < 1.29 is 9.18 Å². The Bertz CT molecular complexity index is 627. The van der Waals surface area contributed by atoms with Crippen molar-refractivity contribution in [3.05, 3.63) is 46.1 Å². The Hall–Kier alpha value is -1.92. The average molecular weight is 301 g/mol. The summed E-state index contributed by atoms with van der Waals surface area (Å²) in [6.45, 7) is 0. The van der Waals surface area contributed by atoms with Gasteiger partial charge in [0.1, 0.15) is 11.5 Å². The van der Waals surface area contributed by atoms with Crippen LogP contribution in [0.1, 0.15) is 10.5 Å². The van der Waals surface area contributed by atoms with Crippen LogP contribution in [0.5, 0.6) is 0 Å². The summed E-state index contributed by atoms with van der Waals surface area (Å²) in [6, 6.07) is 2.47. The van der Waals surface area contributed by atoms with E-state index in [4.69, 9.17) is 28.9 Å². The second kappa shape index (κ2) is 5.38. The van der Waals surface area contributed by atoms with Gasteiger partial charge >= 0.3 is 0 Å². The molecule has 19 heavy (non-hydrogen) atoms. The van der Waals surface area contributed by atoms with Crippen LogP contribution in [0.2, 0.25) is 10.0 Å². The first-order chi connectivity index (χ1) is 8.97. The first kappa shape index (κ1) is 13.5. The van der Waals surface area contributed by atoms with Crippen molar-refractivity contribution in [3.63, 3.8) is 0 Å². The van der Waals surface area contributed by atoms with Crippen molar-refractivity contribution in [2.45, 2.75) is 0 Å². The van der Waals surface area contributed by atoms with Gasteiger partial charge in [0.2, 0.25) is 0 Å². The third kappa shape index (κ3) is 3.10. The van der Waals surface area contributed by atoms with Gasteiger partial charge in [0, 0.05) is 5.69 Å². The van der Waals surface area contributed by atoms with Gasteiger partial charge in [-0.25, -0.2) is 9.37 Å². The van der Waals surface area contributed by atoms with Gasteiger partial charge < -0.3 is 11.1 Å². The number of rotatable bonds is 2. The van der Waals surface area contributed by atoms with E-state index in [1.807, 2.05) is 0 Å². The predicted octanol–water partition coefficient (Wildman–Crippen LogP) is 2.76. The van der Waals surface area contributed by atoms with E-state index in [0.29, 0.717) is 0 Å². The molecule has 0 spiro atoms. The van der Waals surface area contributed by atoms with Gasteiger partial charge in [0.05, 0.1) is 22.4 Å². The Morgan fingerprint density at radius 1 is 1.26 bits per heavy atom. The molecule has 98 valence electrons. The van der Waals surface area contributed by atoms with Crippen LogP contribution in [0, 0.1) is 5.82 Å². The molecule has 2 aromatic rings. The van der Waals surface area contributed by atoms with Gasteiger partial charge in [-0.2, -0.15) is 0 Å². The number of carbonyl (C=O) groups excluding carboxylic acids is 1. The summed E-state index contributed by atoms with van der Waals surface area (Å²) in [6.07, 6.45) is 2.56. The molecule has 3 N–H and O–H groups in total. The van der Waals surface area contributed by atoms with Crippen LogP contribution in [-0.4, -0.2) is 15.9 Å². The van der Waals surface area contributed by atoms with Gasteiger partial charge in [0.25, 0.3) is 5.91 Å². The highest BCUT2D eigenvalue weighted by Gasteiger charge is 2.12. The zero-order valence-corrected chi connectivity index (χ0v) is 10.8. The van der Waals surface area contributed by atoms with Gasteiger partial charge in [-0.1, -0.05) is 23.2 Å². The quantitative estimate of drug-likeness (QED) is 0.836. The number of hydrogen-bond acceptors (Lipinski definition) is 4. The molecule has 5 nitrogen and oxygen atoms in total. The van der Waals surface area contributed by atoms with Crippen LogP contribution in [0.4, 0.5) is 15.9 Å². The summed E-state index contributed by atoms with van der Waals surface area (Å²) >= 11 is 11.2. The minimum Gasteiger partial charge on any atom is -0.382 e. The molecule has 1 heterocycles. The van der Waals surface area contributed by atoms with Crippen molar-refractivity contribution in [2.75, 3.05) is 11.1 Å². The lowest BCUT2D eigenvalue weighted by atomic mass is 10.3. The zero-order valence-electron chi connectivity index (χ0n) is 9.32. The van der Waals surface area contributed by atoms with E-state index in [0.717, 1.165) is 0 Å². The Balaban J connectivity index is 2.24. The van der Waals surface area contributed by atoms with Crippen LogP contribution in [0.3, 0.4) is 0 Å². The van der Waals surface area contributed by atoms with Crippen molar-refractivity contribution in [3.8, 4) is 0 Å². The highest BCUT2D eigenvalue weighted by atomic mass is 35.5. The normalized spacial score (nSPS) is 10.3. The average Bonchev–Trinajstić information content (AvgIpc) is 2.36. The minimum absolute atomic E-state index is 0.0246. The highest BCUT2D eigenvalue weighted by molar-refractivity contribution is 6.35. The van der Waals surface area contributed by atoms with Crippen LogP contribution in [0.15, 0.2) is 24.5 Å². The molecule has 0 saturated carbocycles.